The third-order valence-electron chi connectivity index (χ3n) is 4.44. The number of alkyl halides is 7. The van der Waals surface area contributed by atoms with E-state index in [0.29, 0.717) is 17.3 Å². The van der Waals surface area contributed by atoms with E-state index in [1.807, 2.05) is 0 Å². The van der Waals surface area contributed by atoms with E-state index in [2.05, 4.69) is 14.7 Å². The van der Waals surface area contributed by atoms with E-state index in [9.17, 15) is 35.5 Å². The summed E-state index contributed by atoms with van der Waals surface area (Å²) in [5.74, 6) is -3.23. The Morgan fingerprint density at radius 3 is 2.45 bits per heavy atom. The maximum Gasteiger partial charge on any atom is 0.491 e. The normalized spacial score (nSPS) is 14.2. The molecule has 178 valence electrons. The SMILES string of the molecule is Cc1ccc(OC(C)C(F)OC(=O)C(F)(F)F)cc1-c1cnc2c(N)nc(C(F)(F)F)cn12. The molecule has 0 radical (unpaired) electrons. The number of carbonyl (C=O) groups excluding carboxylic acids is 1. The summed E-state index contributed by atoms with van der Waals surface area (Å²) in [5.41, 5.74) is 5.34. The van der Waals surface area contributed by atoms with Gasteiger partial charge in [0.25, 0.3) is 6.36 Å². The zero-order valence-corrected chi connectivity index (χ0v) is 16.8. The van der Waals surface area contributed by atoms with Crippen LogP contribution in [0.5, 0.6) is 5.75 Å². The van der Waals surface area contributed by atoms with Crippen LogP contribution in [0.3, 0.4) is 0 Å². The Morgan fingerprint density at radius 2 is 1.85 bits per heavy atom. The molecule has 0 saturated carbocycles. The molecule has 0 aliphatic rings. The van der Waals surface area contributed by atoms with Gasteiger partial charge in [0.2, 0.25) is 0 Å². The Hall–Kier alpha value is -3.58. The predicted octanol–water partition coefficient (Wildman–Crippen LogP) is 4.47. The highest BCUT2D eigenvalue weighted by Gasteiger charge is 2.43. The summed E-state index contributed by atoms with van der Waals surface area (Å²) in [6.07, 6.45) is -12.6. The lowest BCUT2D eigenvalue weighted by Gasteiger charge is -2.20. The maximum atomic E-state index is 13.9. The minimum Gasteiger partial charge on any atom is -0.484 e. The Balaban J connectivity index is 1.93. The summed E-state index contributed by atoms with van der Waals surface area (Å²) in [7, 11) is 0. The molecule has 2 unspecified atom stereocenters. The molecule has 3 rings (SSSR count). The minimum absolute atomic E-state index is 0.0417. The smallest absolute Gasteiger partial charge is 0.484 e. The summed E-state index contributed by atoms with van der Waals surface area (Å²) in [5, 5.41) is 0. The second-order valence-corrected chi connectivity index (χ2v) is 6.90. The molecule has 0 amide bonds. The number of ether oxygens (including phenoxy) is 2. The number of benzene rings is 1. The number of fused-ring (bicyclic) bond motifs is 1. The lowest BCUT2D eigenvalue weighted by molar-refractivity contribution is -0.217. The highest BCUT2D eigenvalue weighted by molar-refractivity contribution is 5.75. The lowest BCUT2D eigenvalue weighted by atomic mass is 10.1. The largest absolute Gasteiger partial charge is 0.491 e. The number of nitrogens with zero attached hydrogens (tertiary/aromatic N) is 3. The molecule has 0 aliphatic heterocycles. The Morgan fingerprint density at radius 1 is 1.18 bits per heavy atom. The summed E-state index contributed by atoms with van der Waals surface area (Å²) in [6.45, 7) is 2.66. The van der Waals surface area contributed by atoms with E-state index in [4.69, 9.17) is 10.5 Å². The molecule has 2 aromatic heterocycles. The Labute approximate surface area is 180 Å². The molecule has 2 heterocycles. The number of nitrogen functional groups attached to an aromatic ring is 1. The lowest BCUT2D eigenvalue weighted by Crippen LogP contribution is -2.35. The number of hydrogen-bond acceptors (Lipinski definition) is 6. The van der Waals surface area contributed by atoms with Crippen LogP contribution < -0.4 is 10.5 Å². The molecule has 3 aromatic rings. The molecule has 14 heteroatoms. The number of aryl methyl sites for hydroxylation is 1. The predicted molar refractivity (Wildman–Crippen MR) is 99.7 cm³/mol. The van der Waals surface area contributed by atoms with Crippen LogP contribution in [0, 0.1) is 6.92 Å². The fraction of sp³-hybridized carbons (Fsp3) is 0.316. The van der Waals surface area contributed by atoms with Crippen molar-refractivity contribution in [2.45, 2.75) is 38.7 Å². The van der Waals surface area contributed by atoms with Gasteiger partial charge in [-0.25, -0.2) is 14.8 Å². The number of hydrogen-bond donors (Lipinski definition) is 1. The van der Waals surface area contributed by atoms with Crippen LogP contribution in [0.1, 0.15) is 18.2 Å². The standard InChI is InChI=1S/C19H15F7N4O3/c1-8-3-4-10(32-9(2)14(20)33-17(31)19(24,25)26)5-11(8)12-6-28-16-15(27)29-13(7-30(12)16)18(21,22)23/h3-7,9,14H,1-2H3,(H2,27,29). The molecule has 2 atom stereocenters. The van der Waals surface area contributed by atoms with Crippen LogP contribution in [-0.2, 0) is 15.7 Å². The summed E-state index contributed by atoms with van der Waals surface area (Å²) in [4.78, 5) is 18.1. The number of carbonyl (C=O) groups is 1. The minimum atomic E-state index is -5.38. The van der Waals surface area contributed by atoms with Crippen LogP contribution in [0.15, 0.2) is 30.6 Å². The zero-order chi connectivity index (χ0) is 24.7. The first-order chi connectivity index (χ1) is 15.2. The van der Waals surface area contributed by atoms with E-state index in [-0.39, 0.29) is 17.1 Å². The molecular formula is C19H15F7N4O3. The fourth-order valence-electron chi connectivity index (χ4n) is 2.83. The summed E-state index contributed by atoms with van der Waals surface area (Å²) in [6, 6.07) is 4.16. The molecule has 0 fully saturated rings. The number of imidazole rings is 1. The van der Waals surface area contributed by atoms with Crippen LogP contribution in [0.4, 0.5) is 36.6 Å². The monoisotopic (exact) mass is 480 g/mol. The average molecular weight is 480 g/mol. The molecule has 7 nitrogen and oxygen atoms in total. The van der Waals surface area contributed by atoms with Gasteiger partial charge in [0.1, 0.15) is 5.75 Å². The van der Waals surface area contributed by atoms with Gasteiger partial charge in [-0.05, 0) is 31.5 Å². The van der Waals surface area contributed by atoms with Crippen molar-refractivity contribution >= 4 is 17.4 Å². The average Bonchev–Trinajstić information content (AvgIpc) is 3.12. The van der Waals surface area contributed by atoms with Gasteiger partial charge in [0, 0.05) is 11.8 Å². The third kappa shape index (κ3) is 5.09. The van der Waals surface area contributed by atoms with E-state index in [1.165, 1.54) is 24.4 Å². The molecule has 0 saturated heterocycles. The summed E-state index contributed by atoms with van der Waals surface area (Å²) >= 11 is 0. The molecule has 0 bridgehead atoms. The van der Waals surface area contributed by atoms with Crippen molar-refractivity contribution in [3.8, 4) is 17.0 Å². The van der Waals surface area contributed by atoms with Gasteiger partial charge in [-0.2, -0.15) is 30.7 Å². The van der Waals surface area contributed by atoms with Crippen molar-refractivity contribution in [1.29, 1.82) is 0 Å². The van der Waals surface area contributed by atoms with Crippen LogP contribution in [0.25, 0.3) is 16.9 Å². The number of nitrogens with two attached hydrogens (primary N) is 1. The van der Waals surface area contributed by atoms with E-state index in [1.54, 1.807) is 6.92 Å². The number of anilines is 1. The third-order valence-corrected chi connectivity index (χ3v) is 4.44. The number of rotatable bonds is 5. The van der Waals surface area contributed by atoms with E-state index >= 15 is 0 Å². The molecule has 0 spiro atoms. The van der Waals surface area contributed by atoms with E-state index < -0.39 is 42.3 Å². The molecule has 0 aliphatic carbocycles. The zero-order valence-electron chi connectivity index (χ0n) is 16.8. The molecule has 33 heavy (non-hydrogen) atoms. The molecule has 1 aromatic carbocycles. The van der Waals surface area contributed by atoms with Crippen molar-refractivity contribution in [3.05, 3.63) is 41.9 Å². The number of aromatic nitrogens is 3. The van der Waals surface area contributed by atoms with Crippen molar-refractivity contribution in [1.82, 2.24) is 14.4 Å². The van der Waals surface area contributed by atoms with Gasteiger partial charge >= 0.3 is 18.3 Å². The second kappa shape index (κ2) is 8.41. The highest BCUT2D eigenvalue weighted by Crippen LogP contribution is 2.33. The van der Waals surface area contributed by atoms with Crippen LogP contribution in [-0.4, -0.2) is 39.0 Å². The van der Waals surface area contributed by atoms with Crippen LogP contribution >= 0.6 is 0 Å². The van der Waals surface area contributed by atoms with Crippen molar-refractivity contribution < 1.29 is 45.0 Å². The van der Waals surface area contributed by atoms with Crippen molar-refractivity contribution in [3.63, 3.8) is 0 Å². The van der Waals surface area contributed by atoms with Gasteiger partial charge in [-0.1, -0.05) is 6.07 Å². The molecule has 2 N–H and O–H groups in total. The Bertz CT molecular complexity index is 1190. The fourth-order valence-corrected chi connectivity index (χ4v) is 2.83. The highest BCUT2D eigenvalue weighted by atomic mass is 19.4. The second-order valence-electron chi connectivity index (χ2n) is 6.90. The van der Waals surface area contributed by atoms with Gasteiger partial charge in [0.05, 0.1) is 11.9 Å². The number of halogens is 7. The Kier molecular flexibility index (Phi) is 6.13. The van der Waals surface area contributed by atoms with Gasteiger partial charge in [-0.3, -0.25) is 4.40 Å². The first kappa shape index (κ1) is 24.1. The van der Waals surface area contributed by atoms with Gasteiger partial charge < -0.3 is 15.2 Å². The topological polar surface area (TPSA) is 91.7 Å². The van der Waals surface area contributed by atoms with Crippen molar-refractivity contribution in [2.75, 3.05) is 5.73 Å². The van der Waals surface area contributed by atoms with Gasteiger partial charge in [0.15, 0.2) is 23.3 Å². The number of esters is 1. The first-order valence-electron chi connectivity index (χ1n) is 9.09. The quantitative estimate of drug-likeness (QED) is 0.428. The van der Waals surface area contributed by atoms with Gasteiger partial charge in [-0.15, -0.1) is 0 Å². The summed E-state index contributed by atoms with van der Waals surface area (Å²) < 4.78 is 100. The van der Waals surface area contributed by atoms with E-state index in [0.717, 1.165) is 11.3 Å². The van der Waals surface area contributed by atoms with Crippen LogP contribution in [0.2, 0.25) is 0 Å². The van der Waals surface area contributed by atoms with Crippen molar-refractivity contribution in [2.24, 2.45) is 0 Å². The molecular weight excluding hydrogens is 465 g/mol. The first-order valence-corrected chi connectivity index (χ1v) is 9.09. The maximum absolute atomic E-state index is 13.9.